The second-order valence-electron chi connectivity index (χ2n) is 3.70. The van der Waals surface area contributed by atoms with Crippen molar-refractivity contribution in [2.24, 2.45) is 7.05 Å². The van der Waals surface area contributed by atoms with Gasteiger partial charge in [0.2, 0.25) is 0 Å². The van der Waals surface area contributed by atoms with Gasteiger partial charge in [0, 0.05) is 17.6 Å². The van der Waals surface area contributed by atoms with Crippen LogP contribution < -0.4 is 5.73 Å². The molecule has 2 N–H and O–H groups in total. The molecule has 2 aromatic rings. The number of benzene rings is 1. The van der Waals surface area contributed by atoms with E-state index >= 15 is 0 Å². The summed E-state index contributed by atoms with van der Waals surface area (Å²) in [5, 5.41) is 8.79. The highest BCUT2D eigenvalue weighted by Gasteiger charge is 2.07. The fraction of sp³-hybridized carbons (Fsp3) is 0.273. The molecule has 6 heteroatoms. The van der Waals surface area contributed by atoms with Gasteiger partial charge in [-0.3, -0.25) is 0 Å². The molecule has 1 heterocycles. The van der Waals surface area contributed by atoms with Gasteiger partial charge in [-0.25, -0.2) is 0 Å². The highest BCUT2D eigenvalue weighted by atomic mass is 35.5. The fourth-order valence-electron chi connectivity index (χ4n) is 1.35. The van der Waals surface area contributed by atoms with Crippen LogP contribution in [0.1, 0.15) is 11.6 Å². The molecule has 2 rings (SSSR count). The first kappa shape index (κ1) is 12.3. The number of halogens is 1. The predicted molar refractivity (Wildman–Crippen MR) is 71.2 cm³/mol. The van der Waals surface area contributed by atoms with Gasteiger partial charge in [0.25, 0.3) is 0 Å². The molecule has 0 aliphatic heterocycles. The molecule has 0 saturated carbocycles. The first-order chi connectivity index (χ1) is 8.08. The van der Waals surface area contributed by atoms with Gasteiger partial charge in [-0.15, -0.1) is 22.0 Å². The van der Waals surface area contributed by atoms with Crippen molar-refractivity contribution in [1.82, 2.24) is 14.8 Å². The molecule has 4 nitrogen and oxygen atoms in total. The van der Waals surface area contributed by atoms with Gasteiger partial charge in [0.05, 0.1) is 10.8 Å². The van der Waals surface area contributed by atoms with E-state index in [0.29, 0.717) is 10.7 Å². The number of aryl methyl sites for hydroxylation is 1. The van der Waals surface area contributed by atoms with Crippen molar-refractivity contribution in [3.8, 4) is 0 Å². The van der Waals surface area contributed by atoms with Crippen LogP contribution in [0.25, 0.3) is 0 Å². The lowest BCUT2D eigenvalue weighted by Crippen LogP contribution is -1.97. The first-order valence-electron chi connectivity index (χ1n) is 5.10. The zero-order chi connectivity index (χ0) is 12.4. The topological polar surface area (TPSA) is 56.7 Å². The Morgan fingerprint density at radius 3 is 2.76 bits per heavy atom. The second kappa shape index (κ2) is 4.98. The number of anilines is 1. The van der Waals surface area contributed by atoms with Gasteiger partial charge in [0.1, 0.15) is 11.6 Å². The third-order valence-electron chi connectivity index (χ3n) is 2.50. The molecule has 17 heavy (non-hydrogen) atoms. The minimum atomic E-state index is 0.675. The van der Waals surface area contributed by atoms with Gasteiger partial charge < -0.3 is 10.3 Å². The monoisotopic (exact) mass is 268 g/mol. The van der Waals surface area contributed by atoms with E-state index in [1.54, 1.807) is 17.8 Å². The van der Waals surface area contributed by atoms with E-state index in [0.717, 1.165) is 22.3 Å². The minimum Gasteiger partial charge on any atom is -0.399 e. The normalized spacial score (nSPS) is 10.8. The molecule has 0 saturated heterocycles. The Morgan fingerprint density at radius 1 is 1.41 bits per heavy atom. The Morgan fingerprint density at radius 2 is 2.18 bits per heavy atom. The summed E-state index contributed by atoms with van der Waals surface area (Å²) in [6, 6.07) is 5.52. The summed E-state index contributed by atoms with van der Waals surface area (Å²) < 4.78 is 1.97. The van der Waals surface area contributed by atoms with Crippen LogP contribution in [0.3, 0.4) is 0 Å². The summed E-state index contributed by atoms with van der Waals surface area (Å²) >= 11 is 7.72. The van der Waals surface area contributed by atoms with Crippen LogP contribution in [0.15, 0.2) is 23.1 Å². The van der Waals surface area contributed by atoms with Crippen LogP contribution in [0.2, 0.25) is 5.02 Å². The minimum absolute atomic E-state index is 0.675. The zero-order valence-electron chi connectivity index (χ0n) is 9.64. The number of nitrogen functional groups attached to an aromatic ring is 1. The fourth-order valence-corrected chi connectivity index (χ4v) is 2.60. The second-order valence-corrected chi connectivity index (χ2v) is 5.13. The molecule has 1 aromatic heterocycles. The quantitative estimate of drug-likeness (QED) is 0.687. The molecular weight excluding hydrogens is 256 g/mol. The average Bonchev–Trinajstić information content (AvgIpc) is 2.59. The van der Waals surface area contributed by atoms with E-state index in [1.165, 1.54) is 0 Å². The van der Waals surface area contributed by atoms with Crippen LogP contribution in [0, 0.1) is 6.92 Å². The molecule has 0 aliphatic rings. The van der Waals surface area contributed by atoms with E-state index in [9.17, 15) is 0 Å². The maximum atomic E-state index is 6.10. The third kappa shape index (κ3) is 2.73. The van der Waals surface area contributed by atoms with Crippen molar-refractivity contribution in [3.63, 3.8) is 0 Å². The largest absolute Gasteiger partial charge is 0.399 e. The summed E-state index contributed by atoms with van der Waals surface area (Å²) in [5.74, 6) is 2.57. The van der Waals surface area contributed by atoms with E-state index in [4.69, 9.17) is 17.3 Å². The van der Waals surface area contributed by atoms with Gasteiger partial charge in [-0.1, -0.05) is 11.6 Å². The standard InChI is InChI=1S/C11H13ClN4S/c1-7-14-15-11(16(7)2)6-17-10-4-3-8(13)5-9(10)12/h3-5H,6,13H2,1-2H3. The molecule has 0 fully saturated rings. The number of thioether (sulfide) groups is 1. The summed E-state index contributed by atoms with van der Waals surface area (Å²) in [6.45, 7) is 1.93. The van der Waals surface area contributed by atoms with E-state index < -0.39 is 0 Å². The number of nitrogens with two attached hydrogens (primary N) is 1. The summed E-state index contributed by atoms with van der Waals surface area (Å²) in [4.78, 5) is 1.00. The molecule has 0 unspecified atom stereocenters. The van der Waals surface area contributed by atoms with E-state index in [1.807, 2.05) is 30.7 Å². The molecule has 0 spiro atoms. The third-order valence-corrected chi connectivity index (χ3v) is 3.99. The maximum absolute atomic E-state index is 6.10. The molecule has 0 amide bonds. The maximum Gasteiger partial charge on any atom is 0.143 e. The highest BCUT2D eigenvalue weighted by Crippen LogP contribution is 2.30. The van der Waals surface area contributed by atoms with Crippen LogP contribution in [-0.4, -0.2) is 14.8 Å². The SMILES string of the molecule is Cc1nnc(CSc2ccc(N)cc2Cl)n1C. The van der Waals surface area contributed by atoms with Gasteiger partial charge in [-0.2, -0.15) is 0 Å². The molecule has 0 atom stereocenters. The summed E-state index contributed by atoms with van der Waals surface area (Å²) in [7, 11) is 1.95. The van der Waals surface area contributed by atoms with Crippen molar-refractivity contribution in [3.05, 3.63) is 34.9 Å². The Hall–Kier alpha value is -1.20. The number of hydrogen-bond acceptors (Lipinski definition) is 4. The highest BCUT2D eigenvalue weighted by molar-refractivity contribution is 7.98. The average molecular weight is 269 g/mol. The predicted octanol–water partition coefficient (Wildman–Crippen LogP) is 2.65. The zero-order valence-corrected chi connectivity index (χ0v) is 11.2. The Kier molecular flexibility index (Phi) is 3.59. The smallest absolute Gasteiger partial charge is 0.143 e. The number of hydrogen-bond donors (Lipinski definition) is 1. The van der Waals surface area contributed by atoms with Crippen LogP contribution >= 0.6 is 23.4 Å². The van der Waals surface area contributed by atoms with E-state index in [-0.39, 0.29) is 0 Å². The molecule has 0 radical (unpaired) electrons. The van der Waals surface area contributed by atoms with Crippen molar-refractivity contribution in [2.75, 3.05) is 5.73 Å². The summed E-state index contributed by atoms with van der Waals surface area (Å²) in [5.41, 5.74) is 6.32. The molecule has 0 bridgehead atoms. The van der Waals surface area contributed by atoms with Crippen molar-refractivity contribution < 1.29 is 0 Å². The van der Waals surface area contributed by atoms with E-state index in [2.05, 4.69) is 10.2 Å². The Labute approximate surface area is 109 Å². The Balaban J connectivity index is 2.10. The molecule has 1 aromatic carbocycles. The lowest BCUT2D eigenvalue weighted by molar-refractivity contribution is 0.817. The van der Waals surface area contributed by atoms with Crippen molar-refractivity contribution in [1.29, 1.82) is 0 Å². The van der Waals surface area contributed by atoms with Crippen LogP contribution in [0.4, 0.5) is 5.69 Å². The lowest BCUT2D eigenvalue weighted by Gasteiger charge is -2.05. The number of rotatable bonds is 3. The van der Waals surface area contributed by atoms with Crippen molar-refractivity contribution in [2.45, 2.75) is 17.6 Å². The lowest BCUT2D eigenvalue weighted by atomic mass is 10.3. The molecule has 90 valence electrons. The number of nitrogens with zero attached hydrogens (tertiary/aromatic N) is 3. The van der Waals surface area contributed by atoms with Crippen molar-refractivity contribution >= 4 is 29.1 Å². The summed E-state index contributed by atoms with van der Waals surface area (Å²) in [6.07, 6.45) is 0. The van der Waals surface area contributed by atoms with Gasteiger partial charge >= 0.3 is 0 Å². The number of aromatic nitrogens is 3. The first-order valence-corrected chi connectivity index (χ1v) is 6.47. The molecular formula is C11H13ClN4S. The Bertz CT molecular complexity index is 538. The van der Waals surface area contributed by atoms with Gasteiger partial charge in [-0.05, 0) is 25.1 Å². The van der Waals surface area contributed by atoms with Crippen LogP contribution in [0.5, 0.6) is 0 Å². The van der Waals surface area contributed by atoms with Gasteiger partial charge in [0.15, 0.2) is 0 Å². The molecule has 0 aliphatic carbocycles. The van der Waals surface area contributed by atoms with Crippen LogP contribution in [-0.2, 0) is 12.8 Å².